The summed E-state index contributed by atoms with van der Waals surface area (Å²) in [4.78, 5) is 4.10. The molecule has 0 aromatic heterocycles. The molecule has 0 fully saturated rings. The number of hydrogen-bond donors (Lipinski definition) is 0. The van der Waals surface area contributed by atoms with Gasteiger partial charge in [-0.3, -0.25) is 4.48 Å². The predicted molar refractivity (Wildman–Crippen MR) is 64.9 cm³/mol. The molecule has 0 saturated carbocycles. The maximum Gasteiger partial charge on any atom is 0.500 e. The van der Waals surface area contributed by atoms with Gasteiger partial charge in [-0.15, -0.1) is 0 Å². The van der Waals surface area contributed by atoms with E-state index in [-0.39, 0.29) is 12.4 Å². The van der Waals surface area contributed by atoms with Crippen LogP contribution in [0.1, 0.15) is 6.42 Å². The highest BCUT2D eigenvalue weighted by molar-refractivity contribution is 6.60. The maximum absolute atomic E-state index is 5.37. The molecule has 0 aromatic carbocycles. The van der Waals surface area contributed by atoms with Gasteiger partial charge < -0.3 is 25.7 Å². The first-order chi connectivity index (χ1) is 7.60. The quantitative estimate of drug-likeness (QED) is 0.409. The first kappa shape index (κ1) is 16.8. The molecular formula is C10H21ClN2O3Si. The summed E-state index contributed by atoms with van der Waals surface area (Å²) in [6, 6.07) is 0.825. The molecule has 1 aliphatic heterocycles. The highest BCUT2D eigenvalue weighted by Crippen LogP contribution is 2.17. The summed E-state index contributed by atoms with van der Waals surface area (Å²) in [5.41, 5.74) is 0. The van der Waals surface area contributed by atoms with Crippen molar-refractivity contribution in [2.75, 3.05) is 34.9 Å². The van der Waals surface area contributed by atoms with Gasteiger partial charge in [-0.25, -0.2) is 4.99 Å². The number of aliphatic imine (C=N–C) groups is 1. The monoisotopic (exact) mass is 280 g/mol. The van der Waals surface area contributed by atoms with Gasteiger partial charge in [0.1, 0.15) is 6.20 Å². The Hall–Kier alpha value is -0.243. The second-order valence-electron chi connectivity index (χ2n) is 4.03. The van der Waals surface area contributed by atoms with Crippen molar-refractivity contribution in [1.82, 2.24) is 0 Å². The van der Waals surface area contributed by atoms with Crippen LogP contribution in [0.4, 0.5) is 0 Å². The van der Waals surface area contributed by atoms with Gasteiger partial charge in [0.15, 0.2) is 6.34 Å². The second kappa shape index (κ2) is 7.25. The largest absolute Gasteiger partial charge is 1.00 e. The summed E-state index contributed by atoms with van der Waals surface area (Å²) in [6.45, 7) is 0.977. The standard InChI is InChI=1S/C10H21N2O3Si.ClH/c1-12(8-6-11-10-12)7-5-9-16(13-2,14-3)15-4;/h6,8,10H,5,7,9H2,1-4H3;1H/q+1;/p-1. The smallest absolute Gasteiger partial charge is 0.500 e. The molecular weight excluding hydrogens is 260 g/mol. The highest BCUT2D eigenvalue weighted by atomic mass is 35.5. The van der Waals surface area contributed by atoms with Gasteiger partial charge in [0.05, 0.1) is 19.8 Å². The van der Waals surface area contributed by atoms with Crippen LogP contribution in [0.15, 0.2) is 17.4 Å². The van der Waals surface area contributed by atoms with Gasteiger partial charge in [0, 0.05) is 33.8 Å². The molecule has 0 amide bonds. The lowest BCUT2D eigenvalue weighted by atomic mass is 10.4. The van der Waals surface area contributed by atoms with Crippen molar-refractivity contribution in [3.8, 4) is 0 Å². The minimum atomic E-state index is -2.40. The Morgan fingerprint density at radius 1 is 1.18 bits per heavy atom. The zero-order valence-corrected chi connectivity index (χ0v) is 12.6. The second-order valence-corrected chi connectivity index (χ2v) is 7.12. The number of halogens is 1. The first-order valence-corrected chi connectivity index (χ1v) is 7.25. The predicted octanol–water partition coefficient (Wildman–Crippen LogP) is -1.78. The molecule has 0 spiro atoms. The van der Waals surface area contributed by atoms with E-state index < -0.39 is 8.80 Å². The molecule has 1 heterocycles. The summed E-state index contributed by atoms with van der Waals surface area (Å²) in [5.74, 6) is 0. The topological polar surface area (TPSA) is 40.0 Å². The zero-order valence-electron chi connectivity index (χ0n) is 10.9. The van der Waals surface area contributed by atoms with E-state index in [0.29, 0.717) is 0 Å². The molecule has 0 aliphatic carbocycles. The van der Waals surface area contributed by atoms with Crippen molar-refractivity contribution in [1.29, 1.82) is 0 Å². The van der Waals surface area contributed by atoms with Gasteiger partial charge in [0.25, 0.3) is 0 Å². The van der Waals surface area contributed by atoms with Gasteiger partial charge in [-0.2, -0.15) is 0 Å². The molecule has 0 N–H and O–H groups in total. The number of quaternary nitrogens is 1. The molecule has 0 radical (unpaired) electrons. The van der Waals surface area contributed by atoms with E-state index in [1.165, 1.54) is 0 Å². The van der Waals surface area contributed by atoms with E-state index in [4.69, 9.17) is 13.3 Å². The van der Waals surface area contributed by atoms with E-state index in [1.807, 2.05) is 12.5 Å². The molecule has 1 aliphatic rings. The fourth-order valence-corrected chi connectivity index (χ4v) is 3.45. The van der Waals surface area contributed by atoms with E-state index in [0.717, 1.165) is 23.5 Å². The Morgan fingerprint density at radius 3 is 2.18 bits per heavy atom. The van der Waals surface area contributed by atoms with E-state index >= 15 is 0 Å². The summed E-state index contributed by atoms with van der Waals surface area (Å²) in [6.07, 6.45) is 6.80. The van der Waals surface area contributed by atoms with Crippen LogP contribution >= 0.6 is 0 Å². The van der Waals surface area contributed by atoms with Crippen LogP contribution < -0.4 is 12.4 Å². The number of hydrogen-bond acceptors (Lipinski definition) is 4. The van der Waals surface area contributed by atoms with Crippen LogP contribution in [0.2, 0.25) is 6.04 Å². The van der Waals surface area contributed by atoms with E-state index in [2.05, 4.69) is 18.2 Å². The summed E-state index contributed by atoms with van der Waals surface area (Å²) in [7, 11) is 4.65. The van der Waals surface area contributed by atoms with Crippen molar-refractivity contribution < 1.29 is 30.2 Å². The lowest BCUT2D eigenvalue weighted by Crippen LogP contribution is -3.00. The van der Waals surface area contributed by atoms with Gasteiger partial charge >= 0.3 is 8.80 Å². The molecule has 1 rings (SSSR count). The van der Waals surface area contributed by atoms with Crippen molar-refractivity contribution in [2.45, 2.75) is 12.5 Å². The van der Waals surface area contributed by atoms with Crippen molar-refractivity contribution in [2.24, 2.45) is 4.99 Å². The normalized spacial score (nSPS) is 22.8. The van der Waals surface area contributed by atoms with Crippen LogP contribution in [0.25, 0.3) is 0 Å². The SMILES string of the molecule is CO[Si](CCC[N+]1(C)C=CN=C1)(OC)OC.[Cl-]. The minimum Gasteiger partial charge on any atom is -1.00 e. The van der Waals surface area contributed by atoms with Crippen LogP contribution in [-0.4, -0.2) is 54.5 Å². The van der Waals surface area contributed by atoms with E-state index in [9.17, 15) is 0 Å². The Bertz CT molecular complexity index is 262. The van der Waals surface area contributed by atoms with Crippen molar-refractivity contribution >= 4 is 15.1 Å². The third-order valence-electron chi connectivity index (χ3n) is 2.88. The average Bonchev–Trinajstić information content (AvgIpc) is 2.73. The molecule has 17 heavy (non-hydrogen) atoms. The molecule has 0 saturated heterocycles. The summed E-state index contributed by atoms with van der Waals surface area (Å²) in [5, 5.41) is 0. The van der Waals surface area contributed by atoms with Crippen LogP contribution in [0.3, 0.4) is 0 Å². The number of nitrogens with zero attached hydrogens (tertiary/aromatic N) is 2. The van der Waals surface area contributed by atoms with Gasteiger partial charge in [0.2, 0.25) is 0 Å². The lowest BCUT2D eigenvalue weighted by Gasteiger charge is -2.26. The van der Waals surface area contributed by atoms with E-state index in [1.54, 1.807) is 21.3 Å². The van der Waals surface area contributed by atoms with Gasteiger partial charge in [-0.05, 0) is 0 Å². The molecule has 5 nitrogen and oxygen atoms in total. The zero-order chi connectivity index (χ0) is 12.1. The van der Waals surface area contributed by atoms with Crippen molar-refractivity contribution in [3.05, 3.63) is 12.4 Å². The van der Waals surface area contributed by atoms with Crippen LogP contribution in [-0.2, 0) is 13.3 Å². The minimum absolute atomic E-state index is 0. The van der Waals surface area contributed by atoms with Crippen LogP contribution in [0, 0.1) is 0 Å². The Morgan fingerprint density at radius 2 is 1.76 bits per heavy atom. The summed E-state index contributed by atoms with van der Waals surface area (Å²) < 4.78 is 16.8. The third-order valence-corrected chi connectivity index (χ3v) is 5.71. The number of rotatable bonds is 7. The fourth-order valence-electron chi connectivity index (χ4n) is 1.74. The Balaban J connectivity index is 0.00000256. The van der Waals surface area contributed by atoms with Gasteiger partial charge in [-0.1, -0.05) is 0 Å². The summed E-state index contributed by atoms with van der Waals surface area (Å²) >= 11 is 0. The molecule has 1 unspecified atom stereocenters. The molecule has 0 bridgehead atoms. The highest BCUT2D eigenvalue weighted by Gasteiger charge is 2.38. The molecule has 0 aromatic rings. The molecule has 7 heteroatoms. The lowest BCUT2D eigenvalue weighted by molar-refractivity contribution is -0.756. The van der Waals surface area contributed by atoms with Crippen LogP contribution in [0.5, 0.6) is 0 Å². The Kier molecular flexibility index (Phi) is 7.15. The fraction of sp³-hybridized carbons (Fsp3) is 0.700. The average molecular weight is 281 g/mol. The molecule has 1 atom stereocenters. The Labute approximate surface area is 110 Å². The maximum atomic E-state index is 5.37. The van der Waals surface area contributed by atoms with Crippen molar-refractivity contribution in [3.63, 3.8) is 0 Å². The first-order valence-electron chi connectivity index (χ1n) is 5.32. The third kappa shape index (κ3) is 4.49. The molecule has 100 valence electrons.